The fourth-order valence-electron chi connectivity index (χ4n) is 5.84. The Labute approximate surface area is 360 Å². The fraction of sp³-hybridized carbons (Fsp3) is 0.857. The first-order valence-corrected chi connectivity index (χ1v) is 20.7. The van der Waals surface area contributed by atoms with Crippen LogP contribution in [0.3, 0.4) is 0 Å². The van der Waals surface area contributed by atoms with E-state index in [0.29, 0.717) is 12.8 Å². The third kappa shape index (κ3) is 58.0. The summed E-state index contributed by atoms with van der Waals surface area (Å²) >= 11 is 0. The lowest BCUT2D eigenvalue weighted by atomic mass is 10.0. The fourth-order valence-corrected chi connectivity index (χ4v) is 5.84. The molecule has 0 aliphatic heterocycles. The zero-order chi connectivity index (χ0) is 37.6. The summed E-state index contributed by atoms with van der Waals surface area (Å²) in [6.45, 7) is 3.43. The van der Waals surface area contributed by atoms with Crippen LogP contribution in [0.1, 0.15) is 181 Å². The molecule has 0 spiro atoms. The molecule has 0 aromatic carbocycles. The lowest BCUT2D eigenvalue weighted by Crippen LogP contribution is -2.22. The van der Waals surface area contributed by atoms with E-state index in [0.717, 1.165) is 103 Å². The van der Waals surface area contributed by atoms with Crippen LogP contribution in [0.5, 0.6) is 0 Å². The van der Waals surface area contributed by atoms with Crippen molar-refractivity contribution in [1.29, 1.82) is 0 Å². The van der Waals surface area contributed by atoms with Crippen molar-refractivity contribution in [3.05, 3.63) is 24.3 Å². The summed E-state index contributed by atoms with van der Waals surface area (Å²) in [5.74, 6) is -0.623. The molecule has 60 heavy (non-hydrogen) atoms. The summed E-state index contributed by atoms with van der Waals surface area (Å²) in [7, 11) is 0. The van der Waals surface area contributed by atoms with Crippen molar-refractivity contribution in [2.45, 2.75) is 205 Å². The molecule has 18 heteroatoms. The van der Waals surface area contributed by atoms with Crippen molar-refractivity contribution in [3.63, 3.8) is 0 Å². The van der Waals surface area contributed by atoms with E-state index in [1.54, 1.807) is 0 Å². The van der Waals surface area contributed by atoms with Crippen molar-refractivity contribution in [3.8, 4) is 0 Å². The first-order chi connectivity index (χ1) is 24.9. The zero-order valence-corrected chi connectivity index (χ0v) is 37.2. The van der Waals surface area contributed by atoms with Gasteiger partial charge in [-0.2, -0.15) is 0 Å². The Morgan fingerprint density at radius 1 is 0.450 bits per heavy atom. The molecule has 0 aliphatic carbocycles. The first kappa shape index (κ1) is 81.7. The molecule has 0 rings (SSSR count). The molecule has 22 N–H and O–H groups in total. The van der Waals surface area contributed by atoms with E-state index in [4.69, 9.17) is 24.4 Å². The van der Waals surface area contributed by atoms with Crippen LogP contribution in [0.25, 0.3) is 0 Å². The molecule has 18 nitrogen and oxygen atoms in total. The van der Waals surface area contributed by atoms with Gasteiger partial charge in [-0.15, -0.1) is 0 Å². The van der Waals surface area contributed by atoms with Crippen molar-refractivity contribution in [2.75, 3.05) is 26.4 Å². The van der Waals surface area contributed by atoms with Crippen LogP contribution in [-0.4, -0.2) is 132 Å². The highest BCUT2D eigenvalue weighted by Crippen LogP contribution is 2.20. The van der Waals surface area contributed by atoms with Crippen LogP contribution in [0, 0.1) is 0 Å². The van der Waals surface area contributed by atoms with Gasteiger partial charge < -0.3 is 83.9 Å². The van der Waals surface area contributed by atoms with E-state index in [1.165, 1.54) is 51.4 Å². The largest absolute Gasteiger partial charge is 0.463 e. The average Bonchev–Trinajstić information content (AvgIpc) is 3.13. The van der Waals surface area contributed by atoms with E-state index in [2.05, 4.69) is 38.2 Å². The summed E-state index contributed by atoms with van der Waals surface area (Å²) in [6.07, 6.45) is 35.2. The molecule has 0 saturated carbocycles. The molecular formula is C42H96O18. The van der Waals surface area contributed by atoms with Gasteiger partial charge in [0.2, 0.25) is 0 Å². The van der Waals surface area contributed by atoms with Gasteiger partial charge in [-0.1, -0.05) is 128 Å². The summed E-state index contributed by atoms with van der Waals surface area (Å²) in [5, 5.41) is 36.1. The van der Waals surface area contributed by atoms with Crippen molar-refractivity contribution in [2.24, 2.45) is 0 Å². The highest BCUT2D eigenvalue weighted by molar-refractivity contribution is 5.69. The number of hydrogen-bond acceptors (Lipinski definition) is 9. The van der Waals surface area contributed by atoms with E-state index in [9.17, 15) is 19.8 Å². The van der Waals surface area contributed by atoms with E-state index < -0.39 is 25.4 Å². The minimum absolute atomic E-state index is 0. The van der Waals surface area contributed by atoms with Gasteiger partial charge in [0.1, 0.15) is 25.4 Å². The number of hydrogen-bond donors (Lipinski definition) is 4. The van der Waals surface area contributed by atoms with Gasteiger partial charge in [0.25, 0.3) is 0 Å². The number of rotatable bonds is 38. The number of carbonyl (C=O) groups excluding carboxylic acids is 2. The van der Waals surface area contributed by atoms with Crippen LogP contribution in [-0.2, 0) is 23.8 Å². The Hall–Kier alpha value is -2.14. The maximum absolute atomic E-state index is 11.7. The molecule has 0 aliphatic rings. The molecule has 0 heterocycles. The number of carbonyl (C=O) groups is 2. The molecule has 0 aromatic heterocycles. The summed E-state index contributed by atoms with van der Waals surface area (Å²) in [4.78, 5) is 23.4. The molecule has 0 fully saturated rings. The number of aliphatic hydroxyl groups is 4. The third-order valence-corrected chi connectivity index (χ3v) is 9.07. The van der Waals surface area contributed by atoms with Crippen LogP contribution in [0.4, 0.5) is 0 Å². The predicted molar refractivity (Wildman–Crippen MR) is 239 cm³/mol. The number of esters is 2. The maximum atomic E-state index is 11.7. The summed E-state index contributed by atoms with van der Waals surface area (Å²) in [5.41, 5.74) is 0. The minimum atomic E-state index is -0.996. The van der Waals surface area contributed by atoms with Crippen molar-refractivity contribution >= 4 is 11.9 Å². The smallest absolute Gasteiger partial charge is 0.305 e. The van der Waals surface area contributed by atoms with Crippen LogP contribution >= 0.6 is 0 Å². The van der Waals surface area contributed by atoms with E-state index >= 15 is 0 Å². The standard InChI is InChI=1S/C42H78O9.9H2O/c1-3-5-7-21-27-39(29-23-17-13-9-11-15-19-25-31-41(47)49-35-37(45)33-43)51-40(28-22-8-6-4-2)30-24-18-14-10-12-16-20-26-32-42(48)50-36-38(46)34-44;;;;;;;;;/h17-18,23-24,37-40,43-46H,3-16,19-22,25-36H2,1-2H3;9*1H2/b23-17-,24-18-;;;;;;;;;/t37-,38-,39?,40?;;;;;;;;;/m0........./s1. The Balaban J connectivity index is -0.000000347. The predicted octanol–water partition coefficient (Wildman–Crippen LogP) is 1.41. The average molecular weight is 889 g/mol. The lowest BCUT2D eigenvalue weighted by molar-refractivity contribution is -0.148. The summed E-state index contributed by atoms with van der Waals surface area (Å²) < 4.78 is 16.7. The molecule has 4 atom stereocenters. The summed E-state index contributed by atoms with van der Waals surface area (Å²) in [6, 6.07) is 0. The minimum Gasteiger partial charge on any atom is -0.463 e. The topological polar surface area (TPSA) is 426 Å². The SMILES string of the molecule is CCCCCCC(C/C=C\CCCCCCCC(=O)OC[C@@H](O)CO)OC(C/C=C\CCCCCCCC(=O)OC[C@@H](O)CO)CCCCCC.O.O.O.O.O.O.O.O.O. The molecule has 0 bridgehead atoms. The van der Waals surface area contributed by atoms with E-state index in [1.807, 2.05) is 0 Å². The van der Waals surface area contributed by atoms with Gasteiger partial charge in [-0.05, 0) is 64.2 Å². The highest BCUT2D eigenvalue weighted by atomic mass is 16.5. The molecule has 372 valence electrons. The normalized spacial score (nSPS) is 12.1. The highest BCUT2D eigenvalue weighted by Gasteiger charge is 2.15. The number of allylic oxidation sites excluding steroid dienone is 2. The Kier molecular flexibility index (Phi) is 86.4. The van der Waals surface area contributed by atoms with Gasteiger partial charge in [-0.3, -0.25) is 9.59 Å². The Morgan fingerprint density at radius 3 is 1.10 bits per heavy atom. The molecule has 0 amide bonds. The lowest BCUT2D eigenvalue weighted by Gasteiger charge is -2.24. The van der Waals surface area contributed by atoms with Gasteiger partial charge in [0.15, 0.2) is 0 Å². The van der Waals surface area contributed by atoms with Gasteiger partial charge in [0, 0.05) is 12.8 Å². The van der Waals surface area contributed by atoms with Crippen LogP contribution < -0.4 is 0 Å². The maximum Gasteiger partial charge on any atom is 0.305 e. The zero-order valence-electron chi connectivity index (χ0n) is 37.2. The number of ether oxygens (including phenoxy) is 3. The third-order valence-electron chi connectivity index (χ3n) is 9.07. The van der Waals surface area contributed by atoms with Gasteiger partial charge in [-0.25, -0.2) is 0 Å². The molecular weight excluding hydrogens is 792 g/mol. The second-order valence-corrected chi connectivity index (χ2v) is 14.1. The monoisotopic (exact) mass is 889 g/mol. The van der Waals surface area contributed by atoms with Crippen LogP contribution in [0.15, 0.2) is 24.3 Å². The van der Waals surface area contributed by atoms with Crippen molar-refractivity contribution in [1.82, 2.24) is 0 Å². The second-order valence-electron chi connectivity index (χ2n) is 14.1. The first-order valence-electron chi connectivity index (χ1n) is 20.7. The molecule has 0 aromatic rings. The Morgan fingerprint density at radius 2 is 0.767 bits per heavy atom. The van der Waals surface area contributed by atoms with Crippen LogP contribution in [0.2, 0.25) is 0 Å². The number of aliphatic hydroxyl groups excluding tert-OH is 4. The number of unbranched alkanes of at least 4 members (excludes halogenated alkanes) is 16. The quantitative estimate of drug-likeness (QED) is 0.0395. The molecule has 0 saturated heterocycles. The van der Waals surface area contributed by atoms with Gasteiger partial charge >= 0.3 is 11.9 Å². The molecule has 0 radical (unpaired) electrons. The Bertz CT molecular complexity index is 784. The van der Waals surface area contributed by atoms with Gasteiger partial charge in [0.05, 0.1) is 25.4 Å². The molecule has 2 unspecified atom stereocenters. The van der Waals surface area contributed by atoms with E-state index in [-0.39, 0.29) is 86.6 Å². The second kappa shape index (κ2) is 63.5. The van der Waals surface area contributed by atoms with Crippen molar-refractivity contribution < 1.29 is 93.5 Å².